The minimum Gasteiger partial charge on any atom is -0.493 e. The highest BCUT2D eigenvalue weighted by Crippen LogP contribution is 2.32. The Hall–Kier alpha value is -4.14. The number of carbonyl (C=O) groups excluding carboxylic acids is 3. The predicted molar refractivity (Wildman–Crippen MR) is 114 cm³/mol. The van der Waals surface area contributed by atoms with Gasteiger partial charge in [-0.3, -0.25) is 14.4 Å². The Morgan fingerprint density at radius 3 is 2.29 bits per heavy atom. The van der Waals surface area contributed by atoms with Crippen LogP contribution in [0.3, 0.4) is 0 Å². The zero-order chi connectivity index (χ0) is 22.5. The minimum absolute atomic E-state index is 0.00545. The van der Waals surface area contributed by atoms with Gasteiger partial charge in [-0.1, -0.05) is 0 Å². The van der Waals surface area contributed by atoms with E-state index in [1.165, 1.54) is 33.1 Å². The van der Waals surface area contributed by atoms with E-state index in [2.05, 4.69) is 10.6 Å². The number of fused-ring (bicyclic) bond motifs is 1. The standard InChI is InChI=1S/C22H20N2O7/c1-12(25)14-4-6-16(7-5-14)24-21(27)11-30-20-10-18-15(9-19(20)29-3)8-17(22(28)31-18)23-13(2)26/h4-10H,11H2,1-3H3,(H,23,26)(H,24,27). The number of ether oxygens (including phenoxy) is 2. The first-order chi connectivity index (χ1) is 14.8. The molecule has 0 unspecified atom stereocenters. The summed E-state index contributed by atoms with van der Waals surface area (Å²) >= 11 is 0. The molecule has 1 aromatic heterocycles. The second kappa shape index (κ2) is 9.12. The first-order valence-corrected chi connectivity index (χ1v) is 9.24. The zero-order valence-electron chi connectivity index (χ0n) is 17.1. The molecule has 160 valence electrons. The smallest absolute Gasteiger partial charge is 0.360 e. The summed E-state index contributed by atoms with van der Waals surface area (Å²) in [7, 11) is 1.43. The summed E-state index contributed by atoms with van der Waals surface area (Å²) in [5.41, 5.74) is 0.547. The highest BCUT2D eigenvalue weighted by molar-refractivity contribution is 5.96. The molecule has 0 aliphatic rings. The highest BCUT2D eigenvalue weighted by Gasteiger charge is 2.14. The van der Waals surface area contributed by atoms with Crippen LogP contribution in [0.2, 0.25) is 0 Å². The summed E-state index contributed by atoms with van der Waals surface area (Å²) in [6.45, 7) is 2.41. The van der Waals surface area contributed by atoms with Crippen LogP contribution in [-0.4, -0.2) is 31.3 Å². The topological polar surface area (TPSA) is 124 Å². The van der Waals surface area contributed by atoms with E-state index in [-0.39, 0.29) is 29.4 Å². The summed E-state index contributed by atoms with van der Waals surface area (Å²) in [5.74, 6) is -0.387. The molecule has 31 heavy (non-hydrogen) atoms. The van der Waals surface area contributed by atoms with Crippen LogP contribution in [0.4, 0.5) is 11.4 Å². The number of hydrogen-bond donors (Lipinski definition) is 2. The Morgan fingerprint density at radius 1 is 0.968 bits per heavy atom. The van der Waals surface area contributed by atoms with Gasteiger partial charge in [0.25, 0.3) is 5.91 Å². The minimum atomic E-state index is -0.717. The van der Waals surface area contributed by atoms with Crippen LogP contribution in [0.25, 0.3) is 11.0 Å². The molecular weight excluding hydrogens is 404 g/mol. The molecule has 0 spiro atoms. The number of nitrogens with one attached hydrogen (secondary N) is 2. The highest BCUT2D eigenvalue weighted by atomic mass is 16.5. The van der Waals surface area contributed by atoms with Crippen molar-refractivity contribution >= 4 is 39.9 Å². The number of amides is 2. The molecule has 9 heteroatoms. The van der Waals surface area contributed by atoms with E-state index in [4.69, 9.17) is 13.9 Å². The molecule has 2 aromatic carbocycles. The van der Waals surface area contributed by atoms with Crippen LogP contribution in [0.1, 0.15) is 24.2 Å². The Morgan fingerprint density at radius 2 is 1.68 bits per heavy atom. The molecule has 0 atom stereocenters. The van der Waals surface area contributed by atoms with E-state index in [1.54, 1.807) is 30.3 Å². The lowest BCUT2D eigenvalue weighted by Crippen LogP contribution is -2.20. The number of ketones is 1. The van der Waals surface area contributed by atoms with Crippen molar-refractivity contribution in [3.05, 3.63) is 58.4 Å². The number of methoxy groups -OCH3 is 1. The van der Waals surface area contributed by atoms with Crippen molar-refractivity contribution < 1.29 is 28.3 Å². The van der Waals surface area contributed by atoms with Crippen molar-refractivity contribution in [2.24, 2.45) is 0 Å². The summed E-state index contributed by atoms with van der Waals surface area (Å²) in [6, 6.07) is 10.9. The van der Waals surface area contributed by atoms with Crippen LogP contribution >= 0.6 is 0 Å². The number of Topliss-reactive ketones (excluding diaryl/α,β-unsaturated/α-hetero) is 1. The predicted octanol–water partition coefficient (Wildman–Crippen LogP) is 2.98. The van der Waals surface area contributed by atoms with Gasteiger partial charge in [-0.05, 0) is 43.3 Å². The van der Waals surface area contributed by atoms with Gasteiger partial charge in [0.05, 0.1) is 7.11 Å². The van der Waals surface area contributed by atoms with Crippen molar-refractivity contribution in [2.45, 2.75) is 13.8 Å². The van der Waals surface area contributed by atoms with Gasteiger partial charge in [-0.15, -0.1) is 0 Å². The zero-order valence-corrected chi connectivity index (χ0v) is 17.1. The number of benzene rings is 2. The van der Waals surface area contributed by atoms with Gasteiger partial charge < -0.3 is 24.5 Å². The van der Waals surface area contributed by atoms with E-state index in [9.17, 15) is 19.2 Å². The van der Waals surface area contributed by atoms with Crippen molar-refractivity contribution in [2.75, 3.05) is 24.4 Å². The monoisotopic (exact) mass is 424 g/mol. The number of hydrogen-bond acceptors (Lipinski definition) is 7. The van der Waals surface area contributed by atoms with Gasteiger partial charge in [0.15, 0.2) is 23.9 Å². The van der Waals surface area contributed by atoms with E-state index < -0.39 is 17.4 Å². The van der Waals surface area contributed by atoms with Gasteiger partial charge in [-0.2, -0.15) is 0 Å². The van der Waals surface area contributed by atoms with E-state index in [1.807, 2.05) is 0 Å². The third kappa shape index (κ3) is 5.27. The quantitative estimate of drug-likeness (QED) is 0.441. The molecule has 0 bridgehead atoms. The van der Waals surface area contributed by atoms with Gasteiger partial charge >= 0.3 is 5.63 Å². The molecule has 0 saturated carbocycles. The largest absolute Gasteiger partial charge is 0.493 e. The maximum Gasteiger partial charge on any atom is 0.360 e. The SMILES string of the molecule is COc1cc2cc(NC(C)=O)c(=O)oc2cc1OCC(=O)Nc1ccc(C(C)=O)cc1. The second-order valence-corrected chi connectivity index (χ2v) is 6.64. The molecule has 9 nitrogen and oxygen atoms in total. The molecule has 0 radical (unpaired) electrons. The summed E-state index contributed by atoms with van der Waals surface area (Å²) < 4.78 is 16.1. The maximum absolute atomic E-state index is 12.2. The van der Waals surface area contributed by atoms with E-state index >= 15 is 0 Å². The molecule has 0 saturated heterocycles. The maximum atomic E-state index is 12.2. The van der Waals surface area contributed by atoms with Crippen LogP contribution in [-0.2, 0) is 9.59 Å². The second-order valence-electron chi connectivity index (χ2n) is 6.64. The van der Waals surface area contributed by atoms with Crippen LogP contribution in [0, 0.1) is 0 Å². The Balaban J connectivity index is 1.75. The summed E-state index contributed by atoms with van der Waals surface area (Å²) in [4.78, 5) is 46.8. The van der Waals surface area contributed by atoms with Crippen LogP contribution in [0.15, 0.2) is 51.7 Å². The van der Waals surface area contributed by atoms with Gasteiger partial charge in [-0.25, -0.2) is 4.79 Å². The number of rotatable bonds is 7. The van der Waals surface area contributed by atoms with Crippen molar-refractivity contribution in [3.63, 3.8) is 0 Å². The fourth-order valence-electron chi connectivity index (χ4n) is 2.81. The molecule has 2 amide bonds. The lowest BCUT2D eigenvalue weighted by molar-refractivity contribution is -0.118. The average molecular weight is 424 g/mol. The van der Waals surface area contributed by atoms with E-state index in [0.29, 0.717) is 22.4 Å². The average Bonchev–Trinajstić information content (AvgIpc) is 2.72. The lowest BCUT2D eigenvalue weighted by Gasteiger charge is -2.12. The third-order valence-electron chi connectivity index (χ3n) is 4.26. The van der Waals surface area contributed by atoms with Crippen molar-refractivity contribution in [1.82, 2.24) is 0 Å². The molecule has 0 aliphatic heterocycles. The van der Waals surface area contributed by atoms with Gasteiger partial charge in [0.1, 0.15) is 11.3 Å². The molecule has 2 N–H and O–H groups in total. The van der Waals surface area contributed by atoms with Gasteiger partial charge in [0.2, 0.25) is 5.91 Å². The third-order valence-corrected chi connectivity index (χ3v) is 4.26. The summed E-state index contributed by atoms with van der Waals surface area (Å²) in [6.07, 6.45) is 0. The molecule has 0 fully saturated rings. The molecule has 1 heterocycles. The molecule has 0 aliphatic carbocycles. The van der Waals surface area contributed by atoms with Crippen molar-refractivity contribution in [1.29, 1.82) is 0 Å². The summed E-state index contributed by atoms with van der Waals surface area (Å²) in [5, 5.41) is 5.56. The first-order valence-electron chi connectivity index (χ1n) is 9.24. The normalized spacial score (nSPS) is 10.4. The molecule has 3 aromatic rings. The van der Waals surface area contributed by atoms with Crippen molar-refractivity contribution in [3.8, 4) is 11.5 Å². The fourth-order valence-corrected chi connectivity index (χ4v) is 2.81. The first kappa shape index (κ1) is 21.6. The van der Waals surface area contributed by atoms with Gasteiger partial charge in [0, 0.05) is 29.6 Å². The molecule has 3 rings (SSSR count). The van der Waals surface area contributed by atoms with Crippen LogP contribution < -0.4 is 25.7 Å². The number of carbonyl (C=O) groups is 3. The Labute approximate surface area is 177 Å². The Kier molecular flexibility index (Phi) is 6.35. The Bertz CT molecular complexity index is 1210. The van der Waals surface area contributed by atoms with Crippen LogP contribution in [0.5, 0.6) is 11.5 Å². The lowest BCUT2D eigenvalue weighted by atomic mass is 10.1. The van der Waals surface area contributed by atoms with E-state index in [0.717, 1.165) is 0 Å². The fraction of sp³-hybridized carbons (Fsp3) is 0.182. The molecular formula is C22H20N2O7. The number of anilines is 2.